The molecule has 0 unspecified atom stereocenters. The summed E-state index contributed by atoms with van der Waals surface area (Å²) in [5.74, 6) is 0.234. The molecule has 0 aliphatic heterocycles. The molecule has 0 atom stereocenters. The molecule has 0 saturated carbocycles. The van der Waals surface area contributed by atoms with Gasteiger partial charge in [-0.25, -0.2) is 19.6 Å². The second-order valence-electron chi connectivity index (χ2n) is 8.37. The highest BCUT2D eigenvalue weighted by molar-refractivity contribution is 6.33. The van der Waals surface area contributed by atoms with Crippen LogP contribution in [0.15, 0.2) is 49.1 Å². The van der Waals surface area contributed by atoms with Crippen LogP contribution in [0.3, 0.4) is 0 Å². The van der Waals surface area contributed by atoms with E-state index in [-0.39, 0.29) is 11.9 Å². The van der Waals surface area contributed by atoms with E-state index in [1.165, 1.54) is 11.6 Å². The van der Waals surface area contributed by atoms with Crippen LogP contribution in [0.2, 0.25) is 5.02 Å². The number of halogens is 4. The van der Waals surface area contributed by atoms with Crippen LogP contribution in [0.25, 0.3) is 33.9 Å². The minimum absolute atomic E-state index is 0.0610. The molecule has 180 valence electrons. The van der Waals surface area contributed by atoms with Crippen LogP contribution in [0, 0.1) is 0 Å². The number of hydrogen-bond acceptors (Lipinski definition) is 5. The third kappa shape index (κ3) is 4.16. The van der Waals surface area contributed by atoms with Crippen molar-refractivity contribution >= 4 is 22.8 Å². The Balaban J connectivity index is 1.50. The van der Waals surface area contributed by atoms with Gasteiger partial charge in [-0.05, 0) is 19.4 Å². The van der Waals surface area contributed by atoms with E-state index >= 15 is 0 Å². The van der Waals surface area contributed by atoms with Gasteiger partial charge in [0.1, 0.15) is 22.7 Å². The first-order chi connectivity index (χ1) is 16.6. The van der Waals surface area contributed by atoms with Crippen molar-refractivity contribution in [3.05, 3.63) is 65.3 Å². The van der Waals surface area contributed by atoms with Crippen LogP contribution in [-0.4, -0.2) is 39.1 Å². The van der Waals surface area contributed by atoms with E-state index in [1.807, 2.05) is 26.0 Å². The predicted molar refractivity (Wildman–Crippen MR) is 125 cm³/mol. The number of rotatable bonds is 5. The molecule has 0 amide bonds. The van der Waals surface area contributed by atoms with Gasteiger partial charge in [0.15, 0.2) is 11.3 Å². The fraction of sp³-hybridized carbons (Fsp3) is 0.261. The molecule has 0 aliphatic carbocycles. The zero-order chi connectivity index (χ0) is 24.9. The predicted octanol–water partition coefficient (Wildman–Crippen LogP) is 5.39. The minimum Gasteiger partial charge on any atom is -0.333 e. The number of nitrogens with zero attached hydrogens (tertiary/aromatic N) is 8. The molecule has 4 heterocycles. The Morgan fingerprint density at radius 2 is 1.77 bits per heavy atom. The van der Waals surface area contributed by atoms with Crippen LogP contribution in [0.1, 0.15) is 31.1 Å². The topological polar surface area (TPSA) is 79.2 Å². The summed E-state index contributed by atoms with van der Waals surface area (Å²) in [6.07, 6.45) is 1.25. The normalized spacial score (nSPS) is 12.2. The maximum atomic E-state index is 13.0. The lowest BCUT2D eigenvalue weighted by Gasteiger charge is -2.09. The third-order valence-corrected chi connectivity index (χ3v) is 5.82. The summed E-state index contributed by atoms with van der Waals surface area (Å²) in [4.78, 5) is 12.7. The number of benzene rings is 1. The van der Waals surface area contributed by atoms with Gasteiger partial charge >= 0.3 is 6.18 Å². The van der Waals surface area contributed by atoms with E-state index in [1.54, 1.807) is 40.1 Å². The van der Waals surface area contributed by atoms with E-state index in [9.17, 15) is 13.2 Å². The molecule has 4 aromatic heterocycles. The van der Waals surface area contributed by atoms with E-state index in [2.05, 4.69) is 20.1 Å². The molecule has 1 aromatic carbocycles. The Labute approximate surface area is 203 Å². The molecule has 12 heteroatoms. The summed E-state index contributed by atoms with van der Waals surface area (Å²) in [6, 6.07) is 7.19. The number of aromatic nitrogens is 8. The van der Waals surface area contributed by atoms with Crippen molar-refractivity contribution in [3.8, 4) is 22.8 Å². The summed E-state index contributed by atoms with van der Waals surface area (Å²) in [6.45, 7) is 4.37. The van der Waals surface area contributed by atoms with Crippen molar-refractivity contribution < 1.29 is 13.2 Å². The summed E-state index contributed by atoms with van der Waals surface area (Å²) in [5.41, 5.74) is 2.95. The van der Waals surface area contributed by atoms with E-state index in [0.29, 0.717) is 39.7 Å². The van der Waals surface area contributed by atoms with Crippen molar-refractivity contribution in [2.75, 3.05) is 0 Å². The van der Waals surface area contributed by atoms with Gasteiger partial charge in [0.25, 0.3) is 0 Å². The van der Waals surface area contributed by atoms with Gasteiger partial charge in [-0.2, -0.15) is 23.4 Å². The zero-order valence-corrected chi connectivity index (χ0v) is 19.7. The van der Waals surface area contributed by atoms with Gasteiger partial charge in [-0.3, -0.25) is 4.68 Å². The van der Waals surface area contributed by atoms with E-state index in [0.717, 1.165) is 11.8 Å². The highest BCUT2D eigenvalue weighted by atomic mass is 35.5. The van der Waals surface area contributed by atoms with Gasteiger partial charge < -0.3 is 4.57 Å². The van der Waals surface area contributed by atoms with Crippen LogP contribution in [-0.2, 0) is 19.8 Å². The smallest absolute Gasteiger partial charge is 0.333 e. The fourth-order valence-electron chi connectivity index (χ4n) is 3.93. The van der Waals surface area contributed by atoms with Gasteiger partial charge in [-0.1, -0.05) is 35.9 Å². The molecule has 0 aliphatic rings. The summed E-state index contributed by atoms with van der Waals surface area (Å²) in [5, 5.41) is 9.59. The molecule has 0 saturated heterocycles. The largest absolute Gasteiger partial charge is 0.434 e. The number of hydrogen-bond donors (Lipinski definition) is 0. The monoisotopic (exact) mass is 500 g/mol. The minimum atomic E-state index is -4.50. The lowest BCUT2D eigenvalue weighted by atomic mass is 10.1. The number of fused-ring (bicyclic) bond motifs is 1. The molecule has 35 heavy (non-hydrogen) atoms. The third-order valence-electron chi connectivity index (χ3n) is 5.54. The van der Waals surface area contributed by atoms with E-state index in [4.69, 9.17) is 16.7 Å². The standard InChI is InChI=1S/C23H20ClF3N8/c1-13(2)35-20(16(24)10-30-35)18-19-22(29-9-8-28-19)34(32-18)11-14-4-6-15(7-5-14)21-31-17(12-33(21)3)23(25,26)27/h4-10,12-13H,11H2,1-3H3. The maximum absolute atomic E-state index is 13.0. The lowest BCUT2D eigenvalue weighted by molar-refractivity contribution is -0.140. The molecule has 0 bridgehead atoms. The first-order valence-corrected chi connectivity index (χ1v) is 11.1. The summed E-state index contributed by atoms with van der Waals surface area (Å²) >= 11 is 6.45. The fourth-order valence-corrected chi connectivity index (χ4v) is 4.15. The zero-order valence-electron chi connectivity index (χ0n) is 19.0. The van der Waals surface area contributed by atoms with Crippen LogP contribution >= 0.6 is 11.6 Å². The van der Waals surface area contributed by atoms with E-state index < -0.39 is 11.9 Å². The first-order valence-electron chi connectivity index (χ1n) is 10.7. The molecule has 0 radical (unpaired) electrons. The highest BCUT2D eigenvalue weighted by Gasteiger charge is 2.34. The van der Waals surface area contributed by atoms with Crippen LogP contribution in [0.4, 0.5) is 13.2 Å². The summed E-state index contributed by atoms with van der Waals surface area (Å²) < 4.78 is 43.9. The molecule has 0 N–H and O–H groups in total. The van der Waals surface area contributed by atoms with Gasteiger partial charge in [0, 0.05) is 37.2 Å². The Kier molecular flexibility index (Phi) is 5.59. The van der Waals surface area contributed by atoms with Crippen molar-refractivity contribution in [1.82, 2.24) is 39.1 Å². The quantitative estimate of drug-likeness (QED) is 0.323. The Morgan fingerprint density at radius 1 is 1.06 bits per heavy atom. The second-order valence-corrected chi connectivity index (χ2v) is 8.78. The number of aryl methyl sites for hydroxylation is 1. The molecule has 5 rings (SSSR count). The van der Waals surface area contributed by atoms with Gasteiger partial charge in [-0.15, -0.1) is 0 Å². The first kappa shape index (κ1) is 23.0. The molecule has 5 aromatic rings. The molecule has 0 spiro atoms. The Bertz CT molecular complexity index is 1510. The SMILES string of the molecule is CC(C)n1ncc(Cl)c1-c1nn(Cc2ccc(-c3nc(C(F)(F)F)cn3C)cc2)c2nccnc12. The second kappa shape index (κ2) is 8.49. The van der Waals surface area contributed by atoms with Gasteiger partial charge in [0.2, 0.25) is 0 Å². The van der Waals surface area contributed by atoms with Crippen molar-refractivity contribution in [1.29, 1.82) is 0 Å². The van der Waals surface area contributed by atoms with Crippen LogP contribution in [0.5, 0.6) is 0 Å². The lowest BCUT2D eigenvalue weighted by Crippen LogP contribution is -2.06. The Hall–Kier alpha value is -3.73. The van der Waals surface area contributed by atoms with Crippen LogP contribution < -0.4 is 0 Å². The average Bonchev–Trinajstić information content (AvgIpc) is 3.49. The van der Waals surface area contributed by atoms with Gasteiger partial charge in [0.05, 0.1) is 17.8 Å². The summed E-state index contributed by atoms with van der Waals surface area (Å²) in [7, 11) is 1.54. The molecule has 8 nitrogen and oxygen atoms in total. The average molecular weight is 501 g/mol. The number of alkyl halides is 3. The molecular formula is C23H20ClF3N8. The van der Waals surface area contributed by atoms with Crippen molar-refractivity contribution in [3.63, 3.8) is 0 Å². The molecule has 0 fully saturated rings. The Morgan fingerprint density at radius 3 is 2.43 bits per heavy atom. The maximum Gasteiger partial charge on any atom is 0.434 e. The molecular weight excluding hydrogens is 481 g/mol. The van der Waals surface area contributed by atoms with Crippen molar-refractivity contribution in [2.45, 2.75) is 32.6 Å². The number of imidazole rings is 1. The highest BCUT2D eigenvalue weighted by Crippen LogP contribution is 2.33. The van der Waals surface area contributed by atoms with Crippen molar-refractivity contribution in [2.24, 2.45) is 7.05 Å².